The molecule has 0 unspecified atom stereocenters. The van der Waals surface area contributed by atoms with E-state index in [1.54, 1.807) is 0 Å². The van der Waals surface area contributed by atoms with Gasteiger partial charge in [-0.15, -0.1) is 22.7 Å². The average Bonchev–Trinajstić information content (AvgIpc) is 3.94. The molecule has 0 saturated carbocycles. The van der Waals surface area contributed by atoms with Gasteiger partial charge in [0, 0.05) is 41.8 Å². The Morgan fingerprint density at radius 3 is 0.885 bits per heavy atom. The number of thiophene rings is 2. The Kier molecular flexibility index (Phi) is 8.67. The van der Waals surface area contributed by atoms with Gasteiger partial charge < -0.3 is 0 Å². The summed E-state index contributed by atoms with van der Waals surface area (Å²) in [5.41, 5.74) is 12.8. The number of nitrogens with zero attached hydrogens (tertiary/aromatic N) is 2. The Morgan fingerprint density at radius 1 is 0.231 bits per heavy atom. The number of rotatable bonds is 8. The van der Waals surface area contributed by atoms with Crippen molar-refractivity contribution in [2.45, 2.75) is 0 Å². The van der Waals surface area contributed by atoms with Crippen LogP contribution in [0.5, 0.6) is 0 Å². The van der Waals surface area contributed by atoms with Crippen LogP contribution in [0.2, 0.25) is 0 Å². The van der Waals surface area contributed by atoms with Crippen LogP contribution in [0, 0.1) is 0 Å². The lowest BCUT2D eigenvalue weighted by Gasteiger charge is -2.12. The van der Waals surface area contributed by atoms with Gasteiger partial charge in [0.1, 0.15) is 0 Å². The fourth-order valence-electron chi connectivity index (χ4n) is 6.49. The summed E-state index contributed by atoms with van der Waals surface area (Å²) in [6.45, 7) is 0. The molecule has 2 nitrogen and oxygen atoms in total. The topological polar surface area (TPSA) is 25.8 Å². The first-order chi connectivity index (χ1) is 25.7. The summed E-state index contributed by atoms with van der Waals surface area (Å²) in [5.74, 6) is 0. The van der Waals surface area contributed by atoms with Crippen molar-refractivity contribution in [2.24, 2.45) is 0 Å². The van der Waals surface area contributed by atoms with Gasteiger partial charge in [-0.1, -0.05) is 140 Å². The van der Waals surface area contributed by atoms with E-state index in [1.807, 2.05) is 34.8 Å². The van der Waals surface area contributed by atoms with Gasteiger partial charge in [0.05, 0.1) is 22.8 Å². The minimum Gasteiger partial charge on any atom is -0.248 e. The Morgan fingerprint density at radius 2 is 0.519 bits per heavy atom. The van der Waals surface area contributed by atoms with Gasteiger partial charge in [0.2, 0.25) is 0 Å². The molecule has 52 heavy (non-hydrogen) atoms. The second-order valence-electron chi connectivity index (χ2n) is 12.6. The number of benzene rings is 5. The Balaban J connectivity index is 1.15. The van der Waals surface area contributed by atoms with E-state index in [0.717, 1.165) is 56.2 Å². The molecule has 5 aromatic carbocycles. The third-order valence-corrected chi connectivity index (χ3v) is 11.5. The van der Waals surface area contributed by atoms with Gasteiger partial charge >= 0.3 is 0 Å². The molecule has 9 rings (SSSR count). The fourth-order valence-corrected chi connectivity index (χ4v) is 8.49. The molecule has 0 aliphatic heterocycles. The van der Waals surface area contributed by atoms with Crippen molar-refractivity contribution in [2.75, 3.05) is 0 Å². The zero-order valence-corrected chi connectivity index (χ0v) is 29.8. The van der Waals surface area contributed by atoms with E-state index >= 15 is 0 Å². The lowest BCUT2D eigenvalue weighted by molar-refractivity contribution is 1.31. The highest BCUT2D eigenvalue weighted by Crippen LogP contribution is 2.40. The van der Waals surface area contributed by atoms with Gasteiger partial charge in [0.25, 0.3) is 0 Å². The molecule has 0 N–H and O–H groups in total. The third kappa shape index (κ3) is 6.66. The number of pyridine rings is 2. The molecule has 246 valence electrons. The highest BCUT2D eigenvalue weighted by atomic mass is 32.1. The van der Waals surface area contributed by atoms with Crippen molar-refractivity contribution >= 4 is 22.7 Å². The summed E-state index contributed by atoms with van der Waals surface area (Å²) >= 11 is 3.62. The van der Waals surface area contributed by atoms with Crippen LogP contribution >= 0.6 is 22.7 Å². The largest absolute Gasteiger partial charge is 0.248 e. The van der Waals surface area contributed by atoms with E-state index in [4.69, 9.17) is 9.97 Å². The number of hydrogen-bond acceptors (Lipinski definition) is 4. The fraction of sp³-hybridized carbons (Fsp3) is 0. The summed E-state index contributed by atoms with van der Waals surface area (Å²) in [6.07, 6.45) is 0. The van der Waals surface area contributed by atoms with Crippen LogP contribution in [-0.4, -0.2) is 9.97 Å². The molecule has 0 fully saturated rings. The summed E-state index contributed by atoms with van der Waals surface area (Å²) in [6, 6.07) is 68.5. The minimum absolute atomic E-state index is 0.929. The van der Waals surface area contributed by atoms with Crippen LogP contribution in [0.15, 0.2) is 194 Å². The van der Waals surface area contributed by atoms with Crippen LogP contribution in [-0.2, 0) is 0 Å². The van der Waals surface area contributed by atoms with Gasteiger partial charge in [0.15, 0.2) is 0 Å². The highest BCUT2D eigenvalue weighted by Gasteiger charge is 2.15. The maximum Gasteiger partial charge on any atom is 0.0716 e. The van der Waals surface area contributed by atoms with E-state index in [0.29, 0.717) is 0 Å². The van der Waals surface area contributed by atoms with Crippen molar-refractivity contribution in [1.29, 1.82) is 0 Å². The molecule has 0 atom stereocenters. The van der Waals surface area contributed by atoms with Crippen LogP contribution in [0.3, 0.4) is 0 Å². The van der Waals surface area contributed by atoms with E-state index in [2.05, 4.69) is 182 Å². The maximum atomic E-state index is 5.25. The zero-order valence-electron chi connectivity index (χ0n) is 28.2. The minimum atomic E-state index is 0.929. The normalized spacial score (nSPS) is 11.1. The predicted molar refractivity (Wildman–Crippen MR) is 221 cm³/mol. The van der Waals surface area contributed by atoms with E-state index in [9.17, 15) is 0 Å². The standard InChI is InChI=1S/C48H32N2S2/c1-5-14-33(15-6-1)41-29-39(47-26-24-45(51-47)35-18-9-3-10-19-35)31-43(49-41)37-22-13-23-38(28-37)44-32-40(30-42(50-44)34-16-7-2-8-17-34)48-27-25-46(52-48)36-20-11-4-12-21-36/h1-32H. The summed E-state index contributed by atoms with van der Waals surface area (Å²) in [7, 11) is 0. The van der Waals surface area contributed by atoms with Crippen molar-refractivity contribution in [1.82, 2.24) is 9.97 Å². The van der Waals surface area contributed by atoms with E-state index in [-0.39, 0.29) is 0 Å². The van der Waals surface area contributed by atoms with Crippen molar-refractivity contribution in [3.63, 3.8) is 0 Å². The first-order valence-electron chi connectivity index (χ1n) is 17.3. The van der Waals surface area contributed by atoms with Gasteiger partial charge in [-0.05, 0) is 76.9 Å². The second-order valence-corrected chi connectivity index (χ2v) is 14.8. The second kappa shape index (κ2) is 14.2. The Hall–Kier alpha value is -6.20. The SMILES string of the molecule is c1ccc(-c2cc(-c3ccc(-c4ccccc4)s3)cc(-c3cccc(-c4cc(-c5ccc(-c6ccccc6)s5)cc(-c5ccccc5)n4)c3)n2)cc1. The van der Waals surface area contributed by atoms with Crippen LogP contribution in [0.1, 0.15) is 0 Å². The van der Waals surface area contributed by atoms with Crippen molar-refractivity contribution < 1.29 is 0 Å². The summed E-state index contributed by atoms with van der Waals surface area (Å²) < 4.78 is 0. The molecule has 4 heteroatoms. The van der Waals surface area contributed by atoms with Crippen LogP contribution in [0.25, 0.3) is 86.8 Å². The molecular weight excluding hydrogens is 669 g/mol. The maximum absolute atomic E-state index is 5.25. The molecule has 9 aromatic rings. The molecule has 0 spiro atoms. The molecule has 0 saturated heterocycles. The molecule has 0 radical (unpaired) electrons. The molecule has 0 aliphatic rings. The third-order valence-electron chi connectivity index (χ3n) is 9.14. The average molecular weight is 701 g/mol. The lowest BCUT2D eigenvalue weighted by atomic mass is 10.00. The molecular formula is C48H32N2S2. The number of aromatic nitrogens is 2. The lowest BCUT2D eigenvalue weighted by Crippen LogP contribution is -1.93. The quantitative estimate of drug-likeness (QED) is 0.158. The Labute approximate surface area is 312 Å². The van der Waals surface area contributed by atoms with Crippen LogP contribution < -0.4 is 0 Å². The summed E-state index contributed by atoms with van der Waals surface area (Å²) in [5, 5.41) is 0. The van der Waals surface area contributed by atoms with E-state index in [1.165, 1.54) is 30.6 Å². The molecule has 0 aliphatic carbocycles. The van der Waals surface area contributed by atoms with Crippen molar-refractivity contribution in [3.8, 4) is 86.8 Å². The van der Waals surface area contributed by atoms with Crippen molar-refractivity contribution in [3.05, 3.63) is 194 Å². The zero-order chi connectivity index (χ0) is 34.7. The predicted octanol–water partition coefficient (Wildman–Crippen LogP) is 13.9. The first-order valence-corrected chi connectivity index (χ1v) is 18.9. The smallest absolute Gasteiger partial charge is 0.0716 e. The van der Waals surface area contributed by atoms with Gasteiger partial charge in [-0.3, -0.25) is 0 Å². The highest BCUT2D eigenvalue weighted by molar-refractivity contribution is 7.19. The molecule has 0 bridgehead atoms. The molecule has 4 aromatic heterocycles. The first kappa shape index (κ1) is 31.8. The molecule has 0 amide bonds. The van der Waals surface area contributed by atoms with E-state index < -0.39 is 0 Å². The summed E-state index contributed by atoms with van der Waals surface area (Å²) in [4.78, 5) is 15.4. The molecule has 4 heterocycles. The van der Waals surface area contributed by atoms with Crippen LogP contribution in [0.4, 0.5) is 0 Å². The van der Waals surface area contributed by atoms with Gasteiger partial charge in [-0.25, -0.2) is 9.97 Å². The Bertz CT molecular complexity index is 2430. The van der Waals surface area contributed by atoms with Gasteiger partial charge in [-0.2, -0.15) is 0 Å². The monoisotopic (exact) mass is 700 g/mol. The number of hydrogen-bond donors (Lipinski definition) is 0.